The van der Waals surface area contributed by atoms with E-state index in [9.17, 15) is 14.9 Å². The minimum atomic E-state index is -0.475. The standard InChI is InChI=1S/C23H29N5O5S/c1-17-6-7-21(20(14-17)28(30)31)33-16-18-4-2-5-19(15-18)22(29)25-26-23(34)24-8-3-9-27-10-12-32-13-11-27/h2,4-7,14-15H,3,8-13,16H2,1H3,(H,25,29)(H2,24,26,34). The topological polar surface area (TPSA) is 118 Å². The highest BCUT2D eigenvalue weighted by atomic mass is 32.1. The number of nitro groups is 1. The molecule has 2 aromatic carbocycles. The molecule has 1 aliphatic heterocycles. The molecule has 3 rings (SSSR count). The van der Waals surface area contributed by atoms with Crippen LogP contribution in [-0.4, -0.2) is 60.2 Å². The van der Waals surface area contributed by atoms with E-state index in [1.165, 1.54) is 6.07 Å². The van der Waals surface area contributed by atoms with Crippen LogP contribution in [-0.2, 0) is 11.3 Å². The Hall–Kier alpha value is -3.28. The number of aryl methyl sites for hydroxylation is 1. The van der Waals surface area contributed by atoms with E-state index >= 15 is 0 Å². The number of morpholine rings is 1. The van der Waals surface area contributed by atoms with Gasteiger partial charge in [0.05, 0.1) is 18.1 Å². The molecule has 3 N–H and O–H groups in total. The fourth-order valence-corrected chi connectivity index (χ4v) is 3.57. The highest BCUT2D eigenvalue weighted by Crippen LogP contribution is 2.28. The number of ether oxygens (including phenoxy) is 2. The Morgan fingerprint density at radius 3 is 2.76 bits per heavy atom. The van der Waals surface area contributed by atoms with E-state index in [2.05, 4.69) is 21.1 Å². The van der Waals surface area contributed by atoms with Crippen LogP contribution in [0.15, 0.2) is 42.5 Å². The summed E-state index contributed by atoms with van der Waals surface area (Å²) in [6, 6.07) is 11.6. The van der Waals surface area contributed by atoms with Gasteiger partial charge in [-0.3, -0.25) is 30.7 Å². The molecule has 0 spiro atoms. The van der Waals surface area contributed by atoms with E-state index in [1.807, 2.05) is 0 Å². The number of hydrogen-bond donors (Lipinski definition) is 3. The molecule has 1 aliphatic rings. The molecular formula is C23H29N5O5S. The lowest BCUT2D eigenvalue weighted by molar-refractivity contribution is -0.386. The molecule has 0 unspecified atom stereocenters. The number of nitrogens with one attached hydrogen (secondary N) is 3. The molecule has 0 radical (unpaired) electrons. The van der Waals surface area contributed by atoms with Gasteiger partial charge in [-0.05, 0) is 61.4 Å². The van der Waals surface area contributed by atoms with Gasteiger partial charge in [-0.25, -0.2) is 0 Å². The molecule has 0 bridgehead atoms. The molecule has 1 fully saturated rings. The van der Waals surface area contributed by atoms with E-state index in [4.69, 9.17) is 21.7 Å². The summed E-state index contributed by atoms with van der Waals surface area (Å²) < 4.78 is 11.0. The van der Waals surface area contributed by atoms with Crippen molar-refractivity contribution in [3.05, 3.63) is 69.3 Å². The van der Waals surface area contributed by atoms with Gasteiger partial charge in [0.15, 0.2) is 10.9 Å². The van der Waals surface area contributed by atoms with Crippen molar-refractivity contribution in [2.45, 2.75) is 20.0 Å². The van der Waals surface area contributed by atoms with Crippen LogP contribution in [0.5, 0.6) is 5.75 Å². The summed E-state index contributed by atoms with van der Waals surface area (Å²) in [6.45, 7) is 6.97. The number of rotatable bonds is 9. The van der Waals surface area contributed by atoms with Crippen molar-refractivity contribution >= 4 is 28.9 Å². The van der Waals surface area contributed by atoms with Gasteiger partial charge in [0.25, 0.3) is 5.91 Å². The third kappa shape index (κ3) is 7.94. The Morgan fingerprint density at radius 2 is 2.00 bits per heavy atom. The number of hydrazine groups is 1. The molecule has 1 heterocycles. The third-order valence-corrected chi connectivity index (χ3v) is 5.47. The fourth-order valence-electron chi connectivity index (χ4n) is 3.41. The van der Waals surface area contributed by atoms with E-state index in [1.54, 1.807) is 43.3 Å². The van der Waals surface area contributed by atoms with Gasteiger partial charge in [0, 0.05) is 31.3 Å². The molecule has 182 valence electrons. The van der Waals surface area contributed by atoms with Gasteiger partial charge in [0.1, 0.15) is 6.61 Å². The highest BCUT2D eigenvalue weighted by Gasteiger charge is 2.15. The Kier molecular flexibility index (Phi) is 9.56. The second-order valence-corrected chi connectivity index (χ2v) is 8.27. The van der Waals surface area contributed by atoms with E-state index in [-0.39, 0.29) is 24.0 Å². The molecule has 2 aromatic rings. The Morgan fingerprint density at radius 1 is 1.21 bits per heavy atom. The van der Waals surface area contributed by atoms with Gasteiger partial charge in [-0.2, -0.15) is 0 Å². The first-order valence-corrected chi connectivity index (χ1v) is 11.4. The summed E-state index contributed by atoms with van der Waals surface area (Å²) in [7, 11) is 0. The zero-order valence-corrected chi connectivity index (χ0v) is 19.9. The quantitative estimate of drug-likeness (QED) is 0.212. The van der Waals surface area contributed by atoms with Crippen LogP contribution in [0, 0.1) is 17.0 Å². The van der Waals surface area contributed by atoms with Crippen LogP contribution < -0.4 is 20.9 Å². The second-order valence-electron chi connectivity index (χ2n) is 7.86. The Labute approximate surface area is 203 Å². The van der Waals surface area contributed by atoms with Gasteiger partial charge in [-0.1, -0.05) is 18.2 Å². The third-order valence-electron chi connectivity index (χ3n) is 5.22. The van der Waals surface area contributed by atoms with Crippen molar-refractivity contribution in [1.29, 1.82) is 0 Å². The Balaban J connectivity index is 1.42. The van der Waals surface area contributed by atoms with Crippen molar-refractivity contribution in [3.8, 4) is 5.75 Å². The first-order valence-electron chi connectivity index (χ1n) is 11.0. The minimum absolute atomic E-state index is 0.0849. The average Bonchev–Trinajstić information content (AvgIpc) is 2.85. The lowest BCUT2D eigenvalue weighted by Gasteiger charge is -2.26. The van der Waals surface area contributed by atoms with Gasteiger partial charge < -0.3 is 14.8 Å². The minimum Gasteiger partial charge on any atom is -0.482 e. The molecule has 34 heavy (non-hydrogen) atoms. The average molecular weight is 488 g/mol. The predicted octanol–water partition coefficient (Wildman–Crippen LogP) is 2.31. The van der Waals surface area contributed by atoms with Gasteiger partial charge >= 0.3 is 5.69 Å². The summed E-state index contributed by atoms with van der Waals surface area (Å²) in [5.74, 6) is -0.183. The smallest absolute Gasteiger partial charge is 0.311 e. The number of amides is 1. The summed E-state index contributed by atoms with van der Waals surface area (Å²) in [5, 5.41) is 14.7. The molecule has 11 heteroatoms. The van der Waals surface area contributed by atoms with Crippen LogP contribution in [0.1, 0.15) is 27.9 Å². The summed E-state index contributed by atoms with van der Waals surface area (Å²) in [4.78, 5) is 25.6. The first-order chi connectivity index (χ1) is 16.4. The lowest BCUT2D eigenvalue weighted by Crippen LogP contribution is -2.47. The van der Waals surface area contributed by atoms with Gasteiger partial charge in [0.2, 0.25) is 0 Å². The maximum Gasteiger partial charge on any atom is 0.311 e. The SMILES string of the molecule is Cc1ccc(OCc2cccc(C(=O)NNC(=S)NCCCN3CCOCC3)c2)c([N+](=O)[O-])c1. The number of carbonyl (C=O) groups excluding carboxylic acids is 1. The number of nitrogens with zero attached hydrogens (tertiary/aromatic N) is 2. The maximum absolute atomic E-state index is 12.5. The monoisotopic (exact) mass is 487 g/mol. The number of thiocarbonyl (C=S) groups is 1. The van der Waals surface area contributed by atoms with Crippen LogP contribution in [0.4, 0.5) is 5.69 Å². The second kappa shape index (κ2) is 12.8. The summed E-state index contributed by atoms with van der Waals surface area (Å²) in [5.41, 5.74) is 7.06. The summed E-state index contributed by atoms with van der Waals surface area (Å²) >= 11 is 5.21. The molecule has 0 aromatic heterocycles. The number of benzene rings is 2. The van der Waals surface area contributed by atoms with Crippen LogP contribution >= 0.6 is 12.2 Å². The normalized spacial score (nSPS) is 13.7. The fraction of sp³-hybridized carbons (Fsp3) is 0.391. The van der Waals surface area contributed by atoms with Gasteiger partial charge in [-0.15, -0.1) is 0 Å². The van der Waals surface area contributed by atoms with E-state index in [0.29, 0.717) is 22.8 Å². The first kappa shape index (κ1) is 25.3. The Bertz CT molecular complexity index is 1010. The zero-order chi connectivity index (χ0) is 24.3. The lowest BCUT2D eigenvalue weighted by atomic mass is 10.1. The van der Waals surface area contributed by atoms with Crippen molar-refractivity contribution < 1.29 is 19.2 Å². The largest absolute Gasteiger partial charge is 0.482 e. The molecular weight excluding hydrogens is 458 g/mol. The zero-order valence-electron chi connectivity index (χ0n) is 19.0. The van der Waals surface area contributed by atoms with Crippen molar-refractivity contribution in [2.24, 2.45) is 0 Å². The molecule has 1 amide bonds. The van der Waals surface area contributed by atoms with Crippen molar-refractivity contribution in [2.75, 3.05) is 39.4 Å². The number of nitro benzene ring substituents is 1. The summed E-state index contributed by atoms with van der Waals surface area (Å²) in [6.07, 6.45) is 0.928. The van der Waals surface area contributed by atoms with Crippen molar-refractivity contribution in [1.82, 2.24) is 21.1 Å². The molecule has 0 aliphatic carbocycles. The van der Waals surface area contributed by atoms with E-state index in [0.717, 1.165) is 44.8 Å². The van der Waals surface area contributed by atoms with Crippen molar-refractivity contribution in [3.63, 3.8) is 0 Å². The van der Waals surface area contributed by atoms with Crippen LogP contribution in [0.3, 0.4) is 0 Å². The molecule has 1 saturated heterocycles. The molecule has 0 atom stereocenters. The van der Waals surface area contributed by atoms with E-state index < -0.39 is 4.92 Å². The molecule has 10 nitrogen and oxygen atoms in total. The van der Waals surface area contributed by atoms with Crippen LogP contribution in [0.25, 0.3) is 0 Å². The predicted molar refractivity (Wildman–Crippen MR) is 132 cm³/mol. The number of hydrogen-bond acceptors (Lipinski definition) is 7. The maximum atomic E-state index is 12.5. The molecule has 0 saturated carbocycles. The highest BCUT2D eigenvalue weighted by molar-refractivity contribution is 7.80. The number of carbonyl (C=O) groups is 1. The van der Waals surface area contributed by atoms with Crippen LogP contribution in [0.2, 0.25) is 0 Å².